The highest BCUT2D eigenvalue weighted by molar-refractivity contribution is 5.45. The van der Waals surface area contributed by atoms with Crippen molar-refractivity contribution in [3.8, 4) is 0 Å². The average molecular weight is 164 g/mol. The van der Waals surface area contributed by atoms with E-state index in [1.165, 1.54) is 0 Å². The molecular weight excluding hydrogens is 152 g/mol. The Hall–Kier alpha value is -1.22. The predicted molar refractivity (Wildman–Crippen MR) is 49.3 cm³/mol. The second-order valence-electron chi connectivity index (χ2n) is 2.50. The van der Waals surface area contributed by atoms with Gasteiger partial charge in [-0.3, -0.25) is 0 Å². The molecule has 1 rings (SSSR count). The third-order valence-corrected chi connectivity index (χ3v) is 1.66. The van der Waals surface area contributed by atoms with Crippen LogP contribution in [0.3, 0.4) is 0 Å². The van der Waals surface area contributed by atoms with Crippen molar-refractivity contribution < 1.29 is 0 Å². The molecule has 0 unspecified atom stereocenters. The van der Waals surface area contributed by atoms with Crippen molar-refractivity contribution in [1.29, 1.82) is 0 Å². The van der Waals surface area contributed by atoms with E-state index in [4.69, 9.17) is 0 Å². The van der Waals surface area contributed by atoms with Gasteiger partial charge in [0.05, 0.1) is 0 Å². The SMILES string of the molecule is CCNCc1ccccc1N=O. The van der Waals surface area contributed by atoms with Gasteiger partial charge in [0.15, 0.2) is 0 Å². The van der Waals surface area contributed by atoms with Crippen LogP contribution in [-0.4, -0.2) is 6.54 Å². The Morgan fingerprint density at radius 1 is 1.42 bits per heavy atom. The molecule has 0 spiro atoms. The van der Waals surface area contributed by atoms with Crippen LogP contribution in [0.2, 0.25) is 0 Å². The summed E-state index contributed by atoms with van der Waals surface area (Å²) in [5.41, 5.74) is 1.48. The third kappa shape index (κ3) is 2.13. The maximum Gasteiger partial charge on any atom is 0.112 e. The van der Waals surface area contributed by atoms with Crippen molar-refractivity contribution in [2.45, 2.75) is 13.5 Å². The zero-order valence-electron chi connectivity index (χ0n) is 7.08. The number of nitroso groups, excluding NO2 is 1. The van der Waals surface area contributed by atoms with Crippen molar-refractivity contribution in [3.05, 3.63) is 34.7 Å². The minimum absolute atomic E-state index is 0.526. The minimum Gasteiger partial charge on any atom is -0.313 e. The van der Waals surface area contributed by atoms with Crippen LogP contribution in [0.1, 0.15) is 12.5 Å². The first-order valence-electron chi connectivity index (χ1n) is 4.00. The highest BCUT2D eigenvalue weighted by Crippen LogP contribution is 2.17. The van der Waals surface area contributed by atoms with Crippen LogP contribution in [0.4, 0.5) is 5.69 Å². The number of hydrogen-bond acceptors (Lipinski definition) is 3. The number of rotatable bonds is 4. The maximum atomic E-state index is 10.3. The highest BCUT2D eigenvalue weighted by Gasteiger charge is 1.98. The number of nitrogens with zero attached hydrogens (tertiary/aromatic N) is 1. The summed E-state index contributed by atoms with van der Waals surface area (Å²) in [4.78, 5) is 10.3. The van der Waals surface area contributed by atoms with Gasteiger partial charge >= 0.3 is 0 Å². The molecule has 0 heterocycles. The quantitative estimate of drug-likeness (QED) is 0.693. The highest BCUT2D eigenvalue weighted by atomic mass is 16.3. The van der Waals surface area contributed by atoms with E-state index in [1.54, 1.807) is 6.07 Å². The van der Waals surface area contributed by atoms with Gasteiger partial charge in [0.25, 0.3) is 0 Å². The lowest BCUT2D eigenvalue weighted by Gasteiger charge is -2.02. The fourth-order valence-electron chi connectivity index (χ4n) is 1.01. The lowest BCUT2D eigenvalue weighted by Crippen LogP contribution is -2.11. The van der Waals surface area contributed by atoms with Crippen molar-refractivity contribution >= 4 is 5.69 Å². The molecule has 3 nitrogen and oxygen atoms in total. The van der Waals surface area contributed by atoms with Gasteiger partial charge in [-0.1, -0.05) is 25.1 Å². The number of benzene rings is 1. The van der Waals surface area contributed by atoms with Crippen LogP contribution in [0.5, 0.6) is 0 Å². The lowest BCUT2D eigenvalue weighted by molar-refractivity contribution is 0.727. The van der Waals surface area contributed by atoms with Crippen LogP contribution < -0.4 is 5.32 Å². The molecule has 0 bridgehead atoms. The molecule has 1 aromatic carbocycles. The van der Waals surface area contributed by atoms with E-state index >= 15 is 0 Å². The fraction of sp³-hybridized carbons (Fsp3) is 0.333. The molecule has 1 aromatic rings. The van der Waals surface area contributed by atoms with E-state index in [0.29, 0.717) is 12.2 Å². The Balaban J connectivity index is 2.75. The summed E-state index contributed by atoms with van der Waals surface area (Å²) in [6, 6.07) is 7.34. The van der Waals surface area contributed by atoms with Crippen LogP contribution in [0.25, 0.3) is 0 Å². The molecule has 0 radical (unpaired) electrons. The first-order valence-corrected chi connectivity index (χ1v) is 4.00. The largest absolute Gasteiger partial charge is 0.313 e. The molecule has 0 saturated carbocycles. The topological polar surface area (TPSA) is 41.5 Å². The van der Waals surface area contributed by atoms with E-state index in [9.17, 15) is 4.91 Å². The van der Waals surface area contributed by atoms with E-state index in [1.807, 2.05) is 25.1 Å². The third-order valence-electron chi connectivity index (χ3n) is 1.66. The number of nitrogens with one attached hydrogen (secondary N) is 1. The first-order chi connectivity index (χ1) is 5.88. The normalized spacial score (nSPS) is 9.75. The molecule has 64 valence electrons. The van der Waals surface area contributed by atoms with Gasteiger partial charge in [-0.2, -0.15) is 0 Å². The molecule has 0 amide bonds. The van der Waals surface area contributed by atoms with Gasteiger partial charge in [0, 0.05) is 6.54 Å². The Bertz CT molecular complexity index is 260. The maximum absolute atomic E-state index is 10.3. The van der Waals surface area contributed by atoms with E-state index in [-0.39, 0.29) is 0 Å². The molecular formula is C9H12N2O. The zero-order valence-corrected chi connectivity index (χ0v) is 7.08. The average Bonchev–Trinajstić information content (AvgIpc) is 2.15. The van der Waals surface area contributed by atoms with Crippen LogP contribution in [-0.2, 0) is 6.54 Å². The Morgan fingerprint density at radius 2 is 2.17 bits per heavy atom. The number of hydrogen-bond donors (Lipinski definition) is 1. The standard InChI is InChI=1S/C9H12N2O/c1-2-10-7-8-5-3-4-6-9(8)11-12/h3-6,10H,2,7H2,1H3. The molecule has 0 aliphatic heterocycles. The van der Waals surface area contributed by atoms with Crippen LogP contribution in [0, 0.1) is 4.91 Å². The monoisotopic (exact) mass is 164 g/mol. The molecule has 0 fully saturated rings. The van der Waals surface area contributed by atoms with Crippen molar-refractivity contribution in [1.82, 2.24) is 5.32 Å². The Kier molecular flexibility index (Phi) is 3.41. The molecule has 12 heavy (non-hydrogen) atoms. The van der Waals surface area contributed by atoms with Crippen LogP contribution >= 0.6 is 0 Å². The van der Waals surface area contributed by atoms with Gasteiger partial charge < -0.3 is 5.32 Å². The summed E-state index contributed by atoms with van der Waals surface area (Å²) in [7, 11) is 0. The Morgan fingerprint density at radius 3 is 2.83 bits per heavy atom. The predicted octanol–water partition coefficient (Wildman–Crippen LogP) is 2.19. The van der Waals surface area contributed by atoms with Gasteiger partial charge in [-0.05, 0) is 23.4 Å². The van der Waals surface area contributed by atoms with E-state index in [2.05, 4.69) is 10.5 Å². The minimum atomic E-state index is 0.526. The smallest absolute Gasteiger partial charge is 0.112 e. The molecule has 0 aliphatic rings. The second kappa shape index (κ2) is 4.62. The molecule has 0 aliphatic carbocycles. The molecule has 0 atom stereocenters. The van der Waals surface area contributed by atoms with Crippen molar-refractivity contribution in [3.63, 3.8) is 0 Å². The van der Waals surface area contributed by atoms with Gasteiger partial charge in [0.2, 0.25) is 0 Å². The second-order valence-corrected chi connectivity index (χ2v) is 2.50. The fourth-order valence-corrected chi connectivity index (χ4v) is 1.01. The van der Waals surface area contributed by atoms with E-state index < -0.39 is 0 Å². The van der Waals surface area contributed by atoms with Crippen molar-refractivity contribution in [2.75, 3.05) is 6.54 Å². The molecule has 0 saturated heterocycles. The lowest BCUT2D eigenvalue weighted by atomic mass is 10.2. The van der Waals surface area contributed by atoms with Gasteiger partial charge in [-0.15, -0.1) is 4.91 Å². The van der Waals surface area contributed by atoms with Gasteiger partial charge in [0.1, 0.15) is 5.69 Å². The summed E-state index contributed by atoms with van der Waals surface area (Å²) in [6.45, 7) is 3.63. The Labute approximate surface area is 71.8 Å². The summed E-state index contributed by atoms with van der Waals surface area (Å²) in [6.07, 6.45) is 0. The summed E-state index contributed by atoms with van der Waals surface area (Å²) in [5.74, 6) is 0. The summed E-state index contributed by atoms with van der Waals surface area (Å²) < 4.78 is 0. The zero-order chi connectivity index (χ0) is 8.81. The van der Waals surface area contributed by atoms with Crippen molar-refractivity contribution in [2.24, 2.45) is 5.18 Å². The molecule has 0 aromatic heterocycles. The van der Waals surface area contributed by atoms with Gasteiger partial charge in [-0.25, -0.2) is 0 Å². The summed E-state index contributed by atoms with van der Waals surface area (Å²) in [5, 5.41) is 6.07. The molecule has 3 heteroatoms. The summed E-state index contributed by atoms with van der Waals surface area (Å²) >= 11 is 0. The van der Waals surface area contributed by atoms with E-state index in [0.717, 1.165) is 12.1 Å². The van der Waals surface area contributed by atoms with Crippen LogP contribution in [0.15, 0.2) is 29.4 Å². The molecule has 1 N–H and O–H groups in total. The first kappa shape index (κ1) is 8.87.